The van der Waals surface area contributed by atoms with Crippen molar-refractivity contribution in [3.05, 3.63) is 36.3 Å². The van der Waals surface area contributed by atoms with Gasteiger partial charge in [0, 0.05) is 12.4 Å². The fourth-order valence-corrected chi connectivity index (χ4v) is 2.11. The summed E-state index contributed by atoms with van der Waals surface area (Å²) in [6.07, 6.45) is 3.53. The van der Waals surface area contributed by atoms with Crippen LogP contribution in [0, 0.1) is 0 Å². The standard InChI is InChI=1S/C9H8N4O4S/c14-9(15)6-1-2-10-8(3-6)13-18(16,17)7-4-11-12-5-7/h1-5H,(H,10,13)(H,11,12)(H,14,15). The SMILES string of the molecule is O=C(O)c1ccnc(NS(=O)(=O)c2cn[nH]c2)c1. The van der Waals surface area contributed by atoms with Crippen LogP contribution in [0.25, 0.3) is 0 Å². The molecule has 0 bridgehead atoms. The van der Waals surface area contributed by atoms with Crippen molar-refractivity contribution in [2.45, 2.75) is 4.90 Å². The van der Waals surface area contributed by atoms with E-state index in [4.69, 9.17) is 5.11 Å². The summed E-state index contributed by atoms with van der Waals surface area (Å²) in [5.74, 6) is -1.24. The molecule has 0 aromatic carbocycles. The van der Waals surface area contributed by atoms with E-state index >= 15 is 0 Å². The third-order valence-corrected chi connectivity index (χ3v) is 3.35. The second-order valence-corrected chi connectivity index (χ2v) is 4.96. The fourth-order valence-electron chi connectivity index (χ4n) is 1.20. The van der Waals surface area contributed by atoms with Crippen molar-refractivity contribution < 1.29 is 18.3 Å². The molecule has 3 N–H and O–H groups in total. The number of sulfonamides is 1. The molecular weight excluding hydrogens is 260 g/mol. The van der Waals surface area contributed by atoms with Crippen molar-refractivity contribution in [2.24, 2.45) is 0 Å². The lowest BCUT2D eigenvalue weighted by atomic mass is 10.3. The van der Waals surface area contributed by atoms with Crippen LogP contribution in [0.5, 0.6) is 0 Å². The second-order valence-electron chi connectivity index (χ2n) is 3.27. The minimum absolute atomic E-state index is 0.0603. The highest BCUT2D eigenvalue weighted by Crippen LogP contribution is 2.13. The van der Waals surface area contributed by atoms with Crippen LogP contribution in [-0.4, -0.2) is 34.7 Å². The number of aromatic carboxylic acids is 1. The Kier molecular flexibility index (Phi) is 2.98. The van der Waals surface area contributed by atoms with Crippen LogP contribution in [0.4, 0.5) is 5.82 Å². The summed E-state index contributed by atoms with van der Waals surface area (Å²) in [4.78, 5) is 14.4. The van der Waals surface area contributed by atoms with Gasteiger partial charge in [-0.15, -0.1) is 0 Å². The van der Waals surface area contributed by atoms with E-state index in [1.54, 1.807) is 0 Å². The summed E-state index contributed by atoms with van der Waals surface area (Å²) in [7, 11) is -3.81. The summed E-state index contributed by atoms with van der Waals surface area (Å²) in [5, 5.41) is 14.7. The van der Waals surface area contributed by atoms with Crippen LogP contribution >= 0.6 is 0 Å². The number of nitrogens with one attached hydrogen (secondary N) is 2. The van der Waals surface area contributed by atoms with Gasteiger partial charge < -0.3 is 5.11 Å². The quantitative estimate of drug-likeness (QED) is 0.732. The molecule has 0 amide bonds. The van der Waals surface area contributed by atoms with Gasteiger partial charge >= 0.3 is 5.97 Å². The molecule has 0 fully saturated rings. The van der Waals surface area contributed by atoms with E-state index in [2.05, 4.69) is 19.9 Å². The van der Waals surface area contributed by atoms with Crippen LogP contribution in [0.15, 0.2) is 35.6 Å². The highest BCUT2D eigenvalue weighted by Gasteiger charge is 2.16. The lowest BCUT2D eigenvalue weighted by molar-refractivity contribution is 0.0697. The van der Waals surface area contributed by atoms with E-state index in [9.17, 15) is 13.2 Å². The third-order valence-electron chi connectivity index (χ3n) is 2.03. The number of aromatic amines is 1. The number of pyridine rings is 1. The number of anilines is 1. The van der Waals surface area contributed by atoms with Gasteiger partial charge in [-0.3, -0.25) is 9.82 Å². The zero-order chi connectivity index (χ0) is 13.2. The molecule has 0 spiro atoms. The smallest absolute Gasteiger partial charge is 0.335 e. The van der Waals surface area contributed by atoms with Gasteiger partial charge in [0.05, 0.1) is 11.8 Å². The van der Waals surface area contributed by atoms with Crippen molar-refractivity contribution in [1.82, 2.24) is 15.2 Å². The number of nitrogens with zero attached hydrogens (tertiary/aromatic N) is 2. The Hall–Kier alpha value is -2.42. The van der Waals surface area contributed by atoms with Gasteiger partial charge in [0.1, 0.15) is 10.7 Å². The molecule has 8 nitrogen and oxygen atoms in total. The van der Waals surface area contributed by atoms with E-state index in [1.165, 1.54) is 18.5 Å². The summed E-state index contributed by atoms with van der Waals surface area (Å²) in [5.41, 5.74) is -0.0603. The predicted molar refractivity (Wildman–Crippen MR) is 60.6 cm³/mol. The molecule has 0 atom stereocenters. The van der Waals surface area contributed by atoms with Crippen molar-refractivity contribution >= 4 is 21.8 Å². The molecule has 2 heterocycles. The normalized spacial score (nSPS) is 11.1. The number of hydrogen-bond acceptors (Lipinski definition) is 5. The van der Waals surface area contributed by atoms with E-state index in [0.717, 1.165) is 12.3 Å². The third kappa shape index (κ3) is 2.46. The first-order valence-electron chi connectivity index (χ1n) is 4.70. The summed E-state index contributed by atoms with van der Waals surface area (Å²) >= 11 is 0. The summed E-state index contributed by atoms with van der Waals surface area (Å²) < 4.78 is 25.7. The van der Waals surface area contributed by atoms with E-state index < -0.39 is 16.0 Å². The Morgan fingerprint density at radius 2 is 2.22 bits per heavy atom. The number of hydrogen-bond donors (Lipinski definition) is 3. The first-order valence-corrected chi connectivity index (χ1v) is 6.18. The van der Waals surface area contributed by atoms with E-state index in [0.29, 0.717) is 0 Å². The molecule has 94 valence electrons. The number of carbonyl (C=O) groups is 1. The number of rotatable bonds is 4. The van der Waals surface area contributed by atoms with Crippen LogP contribution in [0.1, 0.15) is 10.4 Å². The van der Waals surface area contributed by atoms with Gasteiger partial charge in [-0.1, -0.05) is 0 Å². The molecule has 2 rings (SSSR count). The van der Waals surface area contributed by atoms with Gasteiger partial charge in [0.15, 0.2) is 0 Å². The maximum absolute atomic E-state index is 11.8. The average molecular weight is 268 g/mol. The van der Waals surface area contributed by atoms with E-state index in [1.807, 2.05) is 0 Å². The topological polar surface area (TPSA) is 125 Å². The Morgan fingerprint density at radius 3 is 2.83 bits per heavy atom. The zero-order valence-corrected chi connectivity index (χ0v) is 9.68. The molecule has 0 aliphatic rings. The van der Waals surface area contributed by atoms with Crippen molar-refractivity contribution in [3.63, 3.8) is 0 Å². The summed E-state index contributed by atoms with van der Waals surface area (Å²) in [6.45, 7) is 0. The zero-order valence-electron chi connectivity index (χ0n) is 8.86. The second kappa shape index (κ2) is 4.45. The number of H-pyrrole nitrogens is 1. The number of carboxylic acid groups (broad SMARTS) is 1. The number of carboxylic acids is 1. The fraction of sp³-hybridized carbons (Fsp3) is 0. The molecule has 2 aromatic rings. The molecule has 0 radical (unpaired) electrons. The highest BCUT2D eigenvalue weighted by molar-refractivity contribution is 7.92. The summed E-state index contributed by atoms with van der Waals surface area (Å²) in [6, 6.07) is 2.39. The molecule has 0 unspecified atom stereocenters. The molecule has 0 saturated heterocycles. The molecular formula is C9H8N4O4S. The minimum atomic E-state index is -3.81. The Labute approximate surface area is 102 Å². The van der Waals surface area contributed by atoms with Gasteiger partial charge in [-0.25, -0.2) is 18.2 Å². The Bertz CT molecular complexity index is 666. The van der Waals surface area contributed by atoms with Crippen LogP contribution in [0.3, 0.4) is 0 Å². The maximum Gasteiger partial charge on any atom is 0.335 e. The highest BCUT2D eigenvalue weighted by atomic mass is 32.2. The monoisotopic (exact) mass is 268 g/mol. The lowest BCUT2D eigenvalue weighted by Gasteiger charge is -2.05. The predicted octanol–water partition coefficient (Wildman–Crippen LogP) is 0.304. The van der Waals surface area contributed by atoms with Crippen molar-refractivity contribution in [3.8, 4) is 0 Å². The van der Waals surface area contributed by atoms with Gasteiger partial charge in [-0.2, -0.15) is 5.10 Å². The van der Waals surface area contributed by atoms with Crippen LogP contribution in [-0.2, 0) is 10.0 Å². The first kappa shape index (κ1) is 12.0. The molecule has 18 heavy (non-hydrogen) atoms. The molecule has 9 heteroatoms. The maximum atomic E-state index is 11.8. The van der Waals surface area contributed by atoms with Gasteiger partial charge in [-0.05, 0) is 12.1 Å². The van der Waals surface area contributed by atoms with Gasteiger partial charge in [0.25, 0.3) is 10.0 Å². The molecule has 0 saturated carbocycles. The molecule has 0 aliphatic heterocycles. The van der Waals surface area contributed by atoms with Crippen LogP contribution < -0.4 is 4.72 Å². The Balaban J connectivity index is 2.30. The minimum Gasteiger partial charge on any atom is -0.478 e. The van der Waals surface area contributed by atoms with Gasteiger partial charge in [0.2, 0.25) is 0 Å². The van der Waals surface area contributed by atoms with Crippen LogP contribution in [0.2, 0.25) is 0 Å². The first-order chi connectivity index (χ1) is 8.49. The Morgan fingerprint density at radius 1 is 1.44 bits per heavy atom. The molecule has 2 aromatic heterocycles. The van der Waals surface area contributed by atoms with Crippen molar-refractivity contribution in [1.29, 1.82) is 0 Å². The largest absolute Gasteiger partial charge is 0.478 e. The molecule has 0 aliphatic carbocycles. The number of aromatic nitrogens is 3. The average Bonchev–Trinajstić information content (AvgIpc) is 2.82. The van der Waals surface area contributed by atoms with E-state index in [-0.39, 0.29) is 16.3 Å². The lowest BCUT2D eigenvalue weighted by Crippen LogP contribution is -2.13. The van der Waals surface area contributed by atoms with Crippen molar-refractivity contribution in [2.75, 3.05) is 4.72 Å².